The molecular weight excluding hydrogens is 396 g/mol. The second kappa shape index (κ2) is 8.63. The highest BCUT2D eigenvalue weighted by Gasteiger charge is 2.10. The molecule has 0 aromatic heterocycles. The van der Waals surface area contributed by atoms with Crippen LogP contribution in [0.15, 0.2) is 127 Å². The molecule has 0 fully saturated rings. The highest BCUT2D eigenvalue weighted by molar-refractivity contribution is 6.33. The highest BCUT2D eigenvalue weighted by Crippen LogP contribution is 2.36. The molecule has 0 saturated heterocycles. The van der Waals surface area contributed by atoms with Gasteiger partial charge in [0.15, 0.2) is 0 Å². The maximum atomic E-state index is 6.73. The van der Waals surface area contributed by atoms with Gasteiger partial charge in [-0.2, -0.15) is 0 Å². The summed E-state index contributed by atoms with van der Waals surface area (Å²) in [6, 6.07) is 44.4. The van der Waals surface area contributed by atoms with Crippen molar-refractivity contribution in [1.29, 1.82) is 0 Å². The van der Waals surface area contributed by atoms with E-state index in [1.54, 1.807) is 0 Å². The van der Waals surface area contributed by atoms with Gasteiger partial charge in [-0.1, -0.05) is 115 Å². The lowest BCUT2D eigenvalue weighted by Crippen LogP contribution is -1.87. The molecule has 31 heavy (non-hydrogen) atoms. The molecule has 1 heteroatoms. The van der Waals surface area contributed by atoms with Gasteiger partial charge >= 0.3 is 0 Å². The van der Waals surface area contributed by atoms with Gasteiger partial charge in [0.05, 0.1) is 0 Å². The van der Waals surface area contributed by atoms with E-state index in [0.717, 1.165) is 27.3 Å². The van der Waals surface area contributed by atoms with Crippen molar-refractivity contribution < 1.29 is 0 Å². The standard InChI is InChI=1S/C30H21Cl/c31-30-21-25(16-17-29(30)24-14-8-3-9-15-24)28-19-26(22-10-4-1-5-11-22)18-27(20-28)23-12-6-2-7-13-23/h1-21H. The molecule has 0 heterocycles. The van der Waals surface area contributed by atoms with Crippen molar-refractivity contribution in [2.75, 3.05) is 0 Å². The van der Waals surface area contributed by atoms with Crippen LogP contribution in [0.25, 0.3) is 44.5 Å². The molecule has 0 N–H and O–H groups in total. The van der Waals surface area contributed by atoms with Gasteiger partial charge in [-0.25, -0.2) is 0 Å². The zero-order valence-electron chi connectivity index (χ0n) is 17.0. The molecule has 0 bridgehead atoms. The predicted octanol–water partition coefficient (Wildman–Crippen LogP) is 9.01. The van der Waals surface area contributed by atoms with E-state index in [2.05, 4.69) is 97.1 Å². The monoisotopic (exact) mass is 416 g/mol. The third-order valence-electron chi connectivity index (χ3n) is 5.53. The van der Waals surface area contributed by atoms with Crippen molar-refractivity contribution in [2.24, 2.45) is 0 Å². The summed E-state index contributed by atoms with van der Waals surface area (Å²) in [6.07, 6.45) is 0. The Bertz CT molecular complexity index is 1250. The summed E-state index contributed by atoms with van der Waals surface area (Å²) >= 11 is 6.73. The quantitative estimate of drug-likeness (QED) is 0.274. The Kier molecular flexibility index (Phi) is 5.39. The van der Waals surface area contributed by atoms with Crippen LogP contribution in [0.3, 0.4) is 0 Å². The van der Waals surface area contributed by atoms with Gasteiger partial charge in [-0.15, -0.1) is 0 Å². The molecule has 0 saturated carbocycles. The largest absolute Gasteiger partial charge is 0.0836 e. The molecule has 5 aromatic rings. The fraction of sp³-hybridized carbons (Fsp3) is 0. The topological polar surface area (TPSA) is 0 Å². The first-order chi connectivity index (χ1) is 15.3. The minimum Gasteiger partial charge on any atom is -0.0836 e. The van der Waals surface area contributed by atoms with Gasteiger partial charge in [0.2, 0.25) is 0 Å². The van der Waals surface area contributed by atoms with Crippen LogP contribution in [0.4, 0.5) is 0 Å². The van der Waals surface area contributed by atoms with E-state index < -0.39 is 0 Å². The van der Waals surface area contributed by atoms with Gasteiger partial charge in [0, 0.05) is 10.6 Å². The van der Waals surface area contributed by atoms with Crippen LogP contribution in [0.1, 0.15) is 0 Å². The summed E-state index contributed by atoms with van der Waals surface area (Å²) in [7, 11) is 0. The Hall–Kier alpha value is -3.61. The van der Waals surface area contributed by atoms with Gasteiger partial charge < -0.3 is 0 Å². The summed E-state index contributed by atoms with van der Waals surface area (Å²) in [6.45, 7) is 0. The van der Waals surface area contributed by atoms with Crippen LogP contribution in [-0.2, 0) is 0 Å². The molecule has 0 nitrogen and oxygen atoms in total. The summed E-state index contributed by atoms with van der Waals surface area (Å²) in [4.78, 5) is 0. The lowest BCUT2D eigenvalue weighted by atomic mass is 9.92. The molecular formula is C30H21Cl. The highest BCUT2D eigenvalue weighted by atomic mass is 35.5. The van der Waals surface area contributed by atoms with E-state index in [0.29, 0.717) is 0 Å². The predicted molar refractivity (Wildman–Crippen MR) is 133 cm³/mol. The molecule has 0 atom stereocenters. The maximum Gasteiger partial charge on any atom is 0.0490 e. The van der Waals surface area contributed by atoms with Crippen molar-refractivity contribution in [1.82, 2.24) is 0 Å². The number of rotatable bonds is 4. The van der Waals surface area contributed by atoms with E-state index in [4.69, 9.17) is 11.6 Å². The zero-order chi connectivity index (χ0) is 21.0. The Morgan fingerprint density at radius 3 is 1.19 bits per heavy atom. The van der Waals surface area contributed by atoms with Crippen molar-refractivity contribution in [3.8, 4) is 44.5 Å². The Morgan fingerprint density at radius 1 is 0.323 bits per heavy atom. The van der Waals surface area contributed by atoms with Gasteiger partial charge in [0.1, 0.15) is 0 Å². The summed E-state index contributed by atoms with van der Waals surface area (Å²) in [5.74, 6) is 0. The molecule has 5 rings (SSSR count). The van der Waals surface area contributed by atoms with Crippen LogP contribution in [-0.4, -0.2) is 0 Å². The average Bonchev–Trinajstić information content (AvgIpc) is 2.85. The molecule has 0 unspecified atom stereocenters. The second-order valence-electron chi connectivity index (χ2n) is 7.59. The lowest BCUT2D eigenvalue weighted by molar-refractivity contribution is 1.56. The van der Waals surface area contributed by atoms with E-state index in [1.807, 2.05) is 30.3 Å². The molecule has 0 radical (unpaired) electrons. The number of halogens is 1. The first-order valence-corrected chi connectivity index (χ1v) is 10.8. The molecule has 0 aliphatic heterocycles. The first-order valence-electron chi connectivity index (χ1n) is 10.4. The Labute approximate surface area is 188 Å². The number of hydrogen-bond acceptors (Lipinski definition) is 0. The van der Waals surface area contributed by atoms with E-state index in [1.165, 1.54) is 22.3 Å². The third-order valence-corrected chi connectivity index (χ3v) is 5.85. The molecule has 0 aliphatic carbocycles. The van der Waals surface area contributed by atoms with E-state index in [-0.39, 0.29) is 0 Å². The van der Waals surface area contributed by atoms with Gasteiger partial charge in [-0.3, -0.25) is 0 Å². The maximum absolute atomic E-state index is 6.73. The second-order valence-corrected chi connectivity index (χ2v) is 8.00. The van der Waals surface area contributed by atoms with Crippen molar-refractivity contribution in [3.63, 3.8) is 0 Å². The zero-order valence-corrected chi connectivity index (χ0v) is 17.8. The average molecular weight is 417 g/mol. The lowest BCUT2D eigenvalue weighted by Gasteiger charge is -2.13. The Balaban J connectivity index is 1.64. The molecule has 5 aromatic carbocycles. The summed E-state index contributed by atoms with van der Waals surface area (Å²) in [5, 5.41) is 0.759. The smallest absolute Gasteiger partial charge is 0.0490 e. The fourth-order valence-corrected chi connectivity index (χ4v) is 4.22. The van der Waals surface area contributed by atoms with E-state index in [9.17, 15) is 0 Å². The van der Waals surface area contributed by atoms with Crippen molar-refractivity contribution >= 4 is 11.6 Å². The van der Waals surface area contributed by atoms with Crippen molar-refractivity contribution in [2.45, 2.75) is 0 Å². The number of benzene rings is 5. The molecule has 0 amide bonds. The normalized spacial score (nSPS) is 10.7. The minimum atomic E-state index is 0.759. The number of hydrogen-bond donors (Lipinski definition) is 0. The van der Waals surface area contributed by atoms with Gasteiger partial charge in [-0.05, 0) is 63.2 Å². The minimum absolute atomic E-state index is 0.759. The fourth-order valence-electron chi connectivity index (χ4n) is 3.94. The Morgan fingerprint density at radius 2 is 0.742 bits per heavy atom. The van der Waals surface area contributed by atoms with Crippen LogP contribution in [0.2, 0.25) is 5.02 Å². The first kappa shape index (κ1) is 19.4. The van der Waals surface area contributed by atoms with Crippen LogP contribution in [0.5, 0.6) is 0 Å². The third kappa shape index (κ3) is 4.17. The van der Waals surface area contributed by atoms with Crippen molar-refractivity contribution in [3.05, 3.63) is 132 Å². The van der Waals surface area contributed by atoms with Gasteiger partial charge in [0.25, 0.3) is 0 Å². The van der Waals surface area contributed by atoms with Crippen LogP contribution < -0.4 is 0 Å². The molecule has 0 aliphatic rings. The van der Waals surface area contributed by atoms with Crippen LogP contribution >= 0.6 is 11.6 Å². The SMILES string of the molecule is Clc1cc(-c2cc(-c3ccccc3)cc(-c3ccccc3)c2)ccc1-c1ccccc1. The van der Waals surface area contributed by atoms with Crippen LogP contribution in [0, 0.1) is 0 Å². The molecule has 0 spiro atoms. The summed E-state index contributed by atoms with van der Waals surface area (Å²) in [5.41, 5.74) is 9.24. The summed E-state index contributed by atoms with van der Waals surface area (Å²) < 4.78 is 0. The van der Waals surface area contributed by atoms with E-state index >= 15 is 0 Å². The molecule has 148 valence electrons.